The number of hydrogen-bond acceptors (Lipinski definition) is 5. The van der Waals surface area contributed by atoms with E-state index in [-0.39, 0.29) is 12.0 Å². The van der Waals surface area contributed by atoms with Crippen LogP contribution in [-0.4, -0.2) is 35.1 Å². The summed E-state index contributed by atoms with van der Waals surface area (Å²) in [7, 11) is 0. The minimum absolute atomic E-state index is 0.0696. The Labute approximate surface area is 148 Å². The molecule has 0 radical (unpaired) electrons. The molecule has 6 nitrogen and oxygen atoms in total. The van der Waals surface area contributed by atoms with Crippen LogP contribution in [0, 0.1) is 13.8 Å². The summed E-state index contributed by atoms with van der Waals surface area (Å²) in [4.78, 5) is 21.0. The lowest BCUT2D eigenvalue weighted by atomic mass is 10.1. The number of nitrogens with zero attached hydrogens (tertiary/aromatic N) is 2. The lowest BCUT2D eigenvalue weighted by Crippen LogP contribution is -2.31. The molecule has 3 rings (SSSR count). The maximum Gasteiger partial charge on any atom is 0.251 e. The number of benzene rings is 1. The summed E-state index contributed by atoms with van der Waals surface area (Å²) in [5, 5.41) is 6.14. The van der Waals surface area contributed by atoms with E-state index < -0.39 is 0 Å². The average Bonchev–Trinajstić information content (AvgIpc) is 3.14. The molecule has 2 N–H and O–H groups in total. The van der Waals surface area contributed by atoms with Gasteiger partial charge in [0.15, 0.2) is 0 Å². The molecule has 132 valence electrons. The molecule has 25 heavy (non-hydrogen) atoms. The second kappa shape index (κ2) is 8.07. The second-order valence-electron chi connectivity index (χ2n) is 6.36. The van der Waals surface area contributed by atoms with Crippen molar-refractivity contribution in [2.75, 3.05) is 18.5 Å². The number of aryl methyl sites for hydroxylation is 2. The van der Waals surface area contributed by atoms with E-state index in [1.165, 1.54) is 0 Å². The monoisotopic (exact) mass is 340 g/mol. The van der Waals surface area contributed by atoms with Gasteiger partial charge in [-0.2, -0.15) is 0 Å². The number of anilines is 1. The number of carbonyl (C=O) groups excluding carboxylic acids is 1. The van der Waals surface area contributed by atoms with Crippen molar-refractivity contribution in [3.8, 4) is 0 Å². The molecule has 0 unspecified atom stereocenters. The molecule has 1 aliphatic heterocycles. The van der Waals surface area contributed by atoms with Gasteiger partial charge < -0.3 is 15.4 Å². The van der Waals surface area contributed by atoms with Crippen LogP contribution in [0.25, 0.3) is 0 Å². The molecule has 1 saturated heterocycles. The molecule has 0 spiro atoms. The maximum absolute atomic E-state index is 12.3. The highest BCUT2D eigenvalue weighted by atomic mass is 16.5. The number of nitrogens with one attached hydrogen (secondary N) is 2. The maximum atomic E-state index is 12.3. The SMILES string of the molecule is Cc1cnc(NCc2cccc(C(=O)NC[C@@H]3CCCO3)c2)nc1C. The van der Waals surface area contributed by atoms with Crippen LogP contribution in [0.1, 0.15) is 40.0 Å². The van der Waals surface area contributed by atoms with Gasteiger partial charge in [0, 0.05) is 37.2 Å². The molecule has 1 aromatic carbocycles. The minimum Gasteiger partial charge on any atom is -0.376 e. The zero-order valence-corrected chi connectivity index (χ0v) is 14.7. The molecular formula is C19H24N4O2. The van der Waals surface area contributed by atoms with Crippen LogP contribution in [0.4, 0.5) is 5.95 Å². The van der Waals surface area contributed by atoms with Crippen molar-refractivity contribution in [3.63, 3.8) is 0 Å². The lowest BCUT2D eigenvalue weighted by molar-refractivity contribution is 0.0857. The average molecular weight is 340 g/mol. The summed E-state index contributed by atoms with van der Waals surface area (Å²) in [6.45, 7) is 5.87. The first kappa shape index (κ1) is 17.4. The van der Waals surface area contributed by atoms with E-state index >= 15 is 0 Å². The highest BCUT2D eigenvalue weighted by Gasteiger charge is 2.16. The van der Waals surface area contributed by atoms with Gasteiger partial charge in [0.25, 0.3) is 5.91 Å². The second-order valence-corrected chi connectivity index (χ2v) is 6.36. The van der Waals surface area contributed by atoms with Crippen LogP contribution in [0.5, 0.6) is 0 Å². The first-order chi connectivity index (χ1) is 12.1. The molecule has 1 aromatic heterocycles. The first-order valence-electron chi connectivity index (χ1n) is 8.64. The third-order valence-corrected chi connectivity index (χ3v) is 4.38. The first-order valence-corrected chi connectivity index (χ1v) is 8.64. The topological polar surface area (TPSA) is 76.1 Å². The number of aromatic nitrogens is 2. The van der Waals surface area contributed by atoms with Crippen molar-refractivity contribution >= 4 is 11.9 Å². The number of hydrogen-bond donors (Lipinski definition) is 2. The molecule has 1 atom stereocenters. The Morgan fingerprint density at radius 3 is 3.00 bits per heavy atom. The number of rotatable bonds is 6. The van der Waals surface area contributed by atoms with Crippen LogP contribution >= 0.6 is 0 Å². The van der Waals surface area contributed by atoms with Crippen molar-refractivity contribution in [2.24, 2.45) is 0 Å². The lowest BCUT2D eigenvalue weighted by Gasteiger charge is -2.11. The molecule has 1 aliphatic rings. The quantitative estimate of drug-likeness (QED) is 0.845. The molecule has 0 aliphatic carbocycles. The van der Waals surface area contributed by atoms with Crippen LogP contribution < -0.4 is 10.6 Å². The van der Waals surface area contributed by atoms with Gasteiger partial charge in [0.05, 0.1) is 6.10 Å². The summed E-state index contributed by atoms with van der Waals surface area (Å²) < 4.78 is 5.53. The van der Waals surface area contributed by atoms with Crippen LogP contribution in [-0.2, 0) is 11.3 Å². The summed E-state index contributed by atoms with van der Waals surface area (Å²) in [5.74, 6) is 0.524. The highest BCUT2D eigenvalue weighted by molar-refractivity contribution is 5.94. The molecule has 6 heteroatoms. The Morgan fingerprint density at radius 1 is 1.36 bits per heavy atom. The van der Waals surface area contributed by atoms with Gasteiger partial charge in [-0.1, -0.05) is 12.1 Å². The number of carbonyl (C=O) groups is 1. The standard InChI is InChI=1S/C19H24N4O2/c1-13-10-21-19(23-14(13)2)22-11-15-5-3-6-16(9-15)18(24)20-12-17-7-4-8-25-17/h3,5-6,9-10,17H,4,7-8,11-12H2,1-2H3,(H,20,24)(H,21,22,23)/t17-/m0/s1. The van der Waals surface area contributed by atoms with Crippen LogP contribution in [0.2, 0.25) is 0 Å². The van der Waals surface area contributed by atoms with Gasteiger partial charge in [-0.25, -0.2) is 9.97 Å². The van der Waals surface area contributed by atoms with Gasteiger partial charge >= 0.3 is 0 Å². The Hall–Kier alpha value is -2.47. The highest BCUT2D eigenvalue weighted by Crippen LogP contribution is 2.12. The Bertz CT molecular complexity index is 742. The fraction of sp³-hybridized carbons (Fsp3) is 0.421. The Morgan fingerprint density at radius 2 is 2.24 bits per heavy atom. The van der Waals surface area contributed by atoms with Gasteiger partial charge in [-0.05, 0) is 49.9 Å². The summed E-state index contributed by atoms with van der Waals surface area (Å²) in [5.41, 5.74) is 3.68. The zero-order valence-electron chi connectivity index (χ0n) is 14.7. The van der Waals surface area contributed by atoms with Crippen molar-refractivity contribution in [2.45, 2.75) is 39.3 Å². The molecule has 1 fully saturated rings. The smallest absolute Gasteiger partial charge is 0.251 e. The van der Waals surface area contributed by atoms with Crippen molar-refractivity contribution in [3.05, 3.63) is 52.8 Å². The van der Waals surface area contributed by atoms with E-state index in [0.717, 1.165) is 36.3 Å². The molecule has 2 aromatic rings. The summed E-state index contributed by atoms with van der Waals surface area (Å²) in [6.07, 6.45) is 4.04. The van der Waals surface area contributed by atoms with Crippen LogP contribution in [0.3, 0.4) is 0 Å². The molecule has 0 saturated carbocycles. The molecule has 1 amide bonds. The minimum atomic E-state index is -0.0696. The molecular weight excluding hydrogens is 316 g/mol. The summed E-state index contributed by atoms with van der Waals surface area (Å²) >= 11 is 0. The van der Waals surface area contributed by atoms with E-state index in [1.807, 2.05) is 38.1 Å². The van der Waals surface area contributed by atoms with Gasteiger partial charge in [-0.15, -0.1) is 0 Å². The predicted octanol–water partition coefficient (Wildman–Crippen LogP) is 2.61. The normalized spacial score (nSPS) is 16.6. The third-order valence-electron chi connectivity index (χ3n) is 4.38. The van der Waals surface area contributed by atoms with E-state index in [2.05, 4.69) is 20.6 Å². The fourth-order valence-electron chi connectivity index (χ4n) is 2.73. The van der Waals surface area contributed by atoms with E-state index in [9.17, 15) is 4.79 Å². The molecule has 0 bridgehead atoms. The van der Waals surface area contributed by atoms with Gasteiger partial charge in [-0.3, -0.25) is 4.79 Å². The van der Waals surface area contributed by atoms with E-state index in [4.69, 9.17) is 4.74 Å². The van der Waals surface area contributed by atoms with Gasteiger partial charge in [0.2, 0.25) is 5.95 Å². The van der Waals surface area contributed by atoms with Crippen molar-refractivity contribution < 1.29 is 9.53 Å². The van der Waals surface area contributed by atoms with E-state index in [1.54, 1.807) is 6.20 Å². The van der Waals surface area contributed by atoms with E-state index in [0.29, 0.717) is 24.6 Å². The Balaban J connectivity index is 1.56. The van der Waals surface area contributed by atoms with Crippen molar-refractivity contribution in [1.29, 1.82) is 0 Å². The Kier molecular flexibility index (Phi) is 5.60. The largest absolute Gasteiger partial charge is 0.376 e. The summed E-state index contributed by atoms with van der Waals surface area (Å²) in [6, 6.07) is 7.57. The molecule has 2 heterocycles. The van der Waals surface area contributed by atoms with Crippen molar-refractivity contribution in [1.82, 2.24) is 15.3 Å². The zero-order chi connectivity index (χ0) is 17.6. The third kappa shape index (κ3) is 4.76. The predicted molar refractivity (Wildman–Crippen MR) is 96.6 cm³/mol. The number of ether oxygens (including phenoxy) is 1. The fourth-order valence-corrected chi connectivity index (χ4v) is 2.73. The van der Waals surface area contributed by atoms with Gasteiger partial charge in [0.1, 0.15) is 0 Å². The number of amides is 1. The van der Waals surface area contributed by atoms with Crippen LogP contribution in [0.15, 0.2) is 30.5 Å².